The van der Waals surface area contributed by atoms with Crippen LogP contribution in [0.1, 0.15) is 5.56 Å². The van der Waals surface area contributed by atoms with Crippen molar-refractivity contribution >= 4 is 11.0 Å². The third-order valence-corrected chi connectivity index (χ3v) is 4.10. The Morgan fingerprint density at radius 2 is 1.73 bits per heavy atom. The van der Waals surface area contributed by atoms with Crippen molar-refractivity contribution in [3.63, 3.8) is 0 Å². The van der Waals surface area contributed by atoms with E-state index >= 15 is 0 Å². The zero-order valence-electron chi connectivity index (χ0n) is 13.8. The molecular weight excluding hydrogens is 331 g/mol. The molecule has 3 aromatic carbocycles. The van der Waals surface area contributed by atoms with Crippen molar-refractivity contribution < 1.29 is 13.5 Å². The van der Waals surface area contributed by atoms with E-state index in [1.807, 2.05) is 42.5 Å². The van der Waals surface area contributed by atoms with E-state index in [4.69, 9.17) is 9.15 Å². The van der Waals surface area contributed by atoms with Crippen LogP contribution < -0.4 is 10.4 Å². The average molecular weight is 346 g/mol. The number of ether oxygens (including phenoxy) is 1. The molecule has 0 spiro atoms. The van der Waals surface area contributed by atoms with Crippen molar-refractivity contribution in [1.29, 1.82) is 0 Å². The number of hydrogen-bond donors (Lipinski definition) is 0. The maximum absolute atomic E-state index is 13.2. The fourth-order valence-electron chi connectivity index (χ4n) is 2.88. The van der Waals surface area contributed by atoms with E-state index in [2.05, 4.69) is 0 Å². The van der Waals surface area contributed by atoms with Gasteiger partial charge in [0.1, 0.15) is 23.8 Å². The molecule has 128 valence electrons. The van der Waals surface area contributed by atoms with E-state index in [0.717, 1.165) is 22.1 Å². The molecule has 0 bridgehead atoms. The van der Waals surface area contributed by atoms with Crippen LogP contribution in [-0.2, 0) is 6.61 Å². The van der Waals surface area contributed by atoms with Gasteiger partial charge in [-0.1, -0.05) is 42.5 Å². The van der Waals surface area contributed by atoms with Gasteiger partial charge in [-0.15, -0.1) is 0 Å². The van der Waals surface area contributed by atoms with Crippen LogP contribution >= 0.6 is 0 Å². The smallest absolute Gasteiger partial charge is 0.336 e. The second-order valence-corrected chi connectivity index (χ2v) is 5.92. The summed E-state index contributed by atoms with van der Waals surface area (Å²) in [7, 11) is 0. The fraction of sp³-hybridized carbons (Fsp3) is 0.0455. The predicted octanol–water partition coefficient (Wildman–Crippen LogP) is 5.18. The number of halogens is 1. The lowest BCUT2D eigenvalue weighted by Crippen LogP contribution is -1.99. The highest BCUT2D eigenvalue weighted by Gasteiger charge is 2.09. The van der Waals surface area contributed by atoms with Crippen LogP contribution in [0.3, 0.4) is 0 Å². The van der Waals surface area contributed by atoms with Gasteiger partial charge >= 0.3 is 5.63 Å². The minimum atomic E-state index is -0.418. The first kappa shape index (κ1) is 16.1. The summed E-state index contributed by atoms with van der Waals surface area (Å²) in [6.45, 7) is 0.228. The zero-order chi connectivity index (χ0) is 17.9. The number of fused-ring (bicyclic) bond motifs is 1. The third kappa shape index (κ3) is 3.35. The van der Waals surface area contributed by atoms with Gasteiger partial charge in [0.05, 0.1) is 0 Å². The molecule has 0 fully saturated rings. The third-order valence-electron chi connectivity index (χ3n) is 4.10. The number of benzene rings is 3. The fourth-order valence-corrected chi connectivity index (χ4v) is 2.88. The van der Waals surface area contributed by atoms with Gasteiger partial charge in [-0.25, -0.2) is 9.18 Å². The first-order chi connectivity index (χ1) is 12.7. The first-order valence-electron chi connectivity index (χ1n) is 8.20. The summed E-state index contributed by atoms with van der Waals surface area (Å²) in [4.78, 5) is 12.0. The first-order valence-corrected chi connectivity index (χ1v) is 8.20. The van der Waals surface area contributed by atoms with Crippen molar-refractivity contribution in [3.05, 3.63) is 101 Å². The molecular formula is C22H15FO3. The molecule has 0 saturated heterocycles. The van der Waals surface area contributed by atoms with Gasteiger partial charge in [-0.2, -0.15) is 0 Å². The average Bonchev–Trinajstić information content (AvgIpc) is 2.66. The molecule has 4 aromatic rings. The number of hydrogen-bond acceptors (Lipinski definition) is 3. The standard InChI is InChI=1S/C22H15FO3/c23-17-8-4-5-15(11-17)14-25-18-9-10-19-20(16-6-2-1-3-7-16)13-22(24)26-21(19)12-18/h1-13H,14H2. The second kappa shape index (κ2) is 6.84. The van der Waals surface area contributed by atoms with Crippen LogP contribution in [0.5, 0.6) is 5.75 Å². The Morgan fingerprint density at radius 3 is 2.54 bits per heavy atom. The maximum Gasteiger partial charge on any atom is 0.336 e. The summed E-state index contributed by atoms with van der Waals surface area (Å²) in [6.07, 6.45) is 0. The van der Waals surface area contributed by atoms with Crippen LogP contribution in [0.4, 0.5) is 4.39 Å². The van der Waals surface area contributed by atoms with Gasteiger partial charge in [0.2, 0.25) is 0 Å². The SMILES string of the molecule is O=c1cc(-c2ccccc2)c2ccc(OCc3cccc(F)c3)cc2o1. The Morgan fingerprint density at radius 1 is 0.885 bits per heavy atom. The lowest BCUT2D eigenvalue weighted by Gasteiger charge is -2.09. The van der Waals surface area contributed by atoms with Gasteiger partial charge in [0.15, 0.2) is 0 Å². The summed E-state index contributed by atoms with van der Waals surface area (Å²) in [5.74, 6) is 0.248. The minimum absolute atomic E-state index is 0.228. The van der Waals surface area contributed by atoms with Gasteiger partial charge in [-0.05, 0) is 41.0 Å². The van der Waals surface area contributed by atoms with E-state index in [-0.39, 0.29) is 12.4 Å². The Hall–Kier alpha value is -3.40. The molecule has 0 aliphatic rings. The van der Waals surface area contributed by atoms with Crippen molar-refractivity contribution in [2.45, 2.75) is 6.61 Å². The summed E-state index contributed by atoms with van der Waals surface area (Å²) >= 11 is 0. The summed E-state index contributed by atoms with van der Waals surface area (Å²) in [5.41, 5.74) is 2.52. The highest BCUT2D eigenvalue weighted by Crippen LogP contribution is 2.29. The van der Waals surface area contributed by atoms with Gasteiger partial charge < -0.3 is 9.15 Å². The van der Waals surface area contributed by atoms with Crippen molar-refractivity contribution in [2.24, 2.45) is 0 Å². The van der Waals surface area contributed by atoms with Crippen LogP contribution in [0.25, 0.3) is 22.1 Å². The van der Waals surface area contributed by atoms with E-state index < -0.39 is 5.63 Å². The van der Waals surface area contributed by atoms with Gasteiger partial charge in [0.25, 0.3) is 0 Å². The largest absolute Gasteiger partial charge is 0.489 e. The number of rotatable bonds is 4. The summed E-state index contributed by atoms with van der Waals surface area (Å²) in [6, 6.07) is 22.8. The Balaban J connectivity index is 1.68. The minimum Gasteiger partial charge on any atom is -0.489 e. The van der Waals surface area contributed by atoms with Crippen LogP contribution in [0.2, 0.25) is 0 Å². The molecule has 1 heterocycles. The summed E-state index contributed by atoms with van der Waals surface area (Å²) in [5, 5.41) is 0.828. The molecule has 0 amide bonds. The molecule has 0 aliphatic carbocycles. The lowest BCUT2D eigenvalue weighted by molar-refractivity contribution is 0.305. The van der Waals surface area contributed by atoms with Crippen molar-refractivity contribution in [3.8, 4) is 16.9 Å². The highest BCUT2D eigenvalue weighted by atomic mass is 19.1. The molecule has 4 rings (SSSR count). The van der Waals surface area contributed by atoms with Gasteiger partial charge in [0, 0.05) is 17.5 Å². The topological polar surface area (TPSA) is 39.4 Å². The second-order valence-electron chi connectivity index (χ2n) is 5.92. The Labute approximate surface area is 149 Å². The molecule has 4 heteroatoms. The van der Waals surface area contributed by atoms with E-state index in [9.17, 15) is 9.18 Å². The highest BCUT2D eigenvalue weighted by molar-refractivity contribution is 5.93. The quantitative estimate of drug-likeness (QED) is 0.478. The lowest BCUT2D eigenvalue weighted by atomic mass is 10.0. The molecule has 0 N–H and O–H groups in total. The molecule has 26 heavy (non-hydrogen) atoms. The van der Waals surface area contributed by atoms with Crippen LogP contribution in [-0.4, -0.2) is 0 Å². The Bertz CT molecular complexity index is 1120. The van der Waals surface area contributed by atoms with Gasteiger partial charge in [-0.3, -0.25) is 0 Å². The van der Waals surface area contributed by atoms with Crippen molar-refractivity contribution in [1.82, 2.24) is 0 Å². The van der Waals surface area contributed by atoms with E-state index in [0.29, 0.717) is 11.3 Å². The maximum atomic E-state index is 13.2. The van der Waals surface area contributed by atoms with E-state index in [1.54, 1.807) is 18.2 Å². The monoisotopic (exact) mass is 346 g/mol. The molecule has 0 saturated carbocycles. The predicted molar refractivity (Wildman–Crippen MR) is 98.7 cm³/mol. The molecule has 0 atom stereocenters. The molecule has 0 aliphatic heterocycles. The molecule has 0 unspecified atom stereocenters. The molecule has 0 radical (unpaired) electrons. The molecule has 3 nitrogen and oxygen atoms in total. The normalized spacial score (nSPS) is 10.8. The van der Waals surface area contributed by atoms with Crippen LogP contribution in [0, 0.1) is 5.82 Å². The zero-order valence-corrected chi connectivity index (χ0v) is 13.8. The van der Waals surface area contributed by atoms with Crippen LogP contribution in [0.15, 0.2) is 88.1 Å². The summed E-state index contributed by atoms with van der Waals surface area (Å²) < 4.78 is 24.3. The Kier molecular flexibility index (Phi) is 4.23. The molecule has 1 aromatic heterocycles. The van der Waals surface area contributed by atoms with E-state index in [1.165, 1.54) is 18.2 Å². The van der Waals surface area contributed by atoms with Crippen molar-refractivity contribution in [2.75, 3.05) is 0 Å².